The van der Waals surface area contributed by atoms with Crippen molar-refractivity contribution in [3.63, 3.8) is 0 Å². The molecule has 2 rings (SSSR count). The average molecular weight is 242 g/mol. The van der Waals surface area contributed by atoms with Crippen LogP contribution in [-0.4, -0.2) is 22.9 Å². The molecule has 0 aliphatic rings. The van der Waals surface area contributed by atoms with Crippen molar-refractivity contribution in [3.05, 3.63) is 53.9 Å². The maximum Gasteiger partial charge on any atom is 0.316 e. The van der Waals surface area contributed by atoms with Gasteiger partial charge >= 0.3 is 6.01 Å². The smallest absolute Gasteiger partial charge is 0.316 e. The quantitative estimate of drug-likeness (QED) is 0.755. The van der Waals surface area contributed by atoms with Crippen LogP contribution >= 0.6 is 0 Å². The lowest BCUT2D eigenvalue weighted by atomic mass is 10.0. The van der Waals surface area contributed by atoms with Crippen LogP contribution in [0, 0.1) is 0 Å². The van der Waals surface area contributed by atoms with E-state index < -0.39 is 0 Å². The highest BCUT2D eigenvalue weighted by molar-refractivity contribution is 5.96. The predicted octanol–water partition coefficient (Wildman–Crippen LogP) is 2.30. The van der Waals surface area contributed by atoms with Crippen LogP contribution in [0.4, 0.5) is 0 Å². The van der Waals surface area contributed by atoms with Crippen LogP contribution in [0.1, 0.15) is 22.3 Å². The molecule has 1 heterocycles. The van der Waals surface area contributed by atoms with Crippen molar-refractivity contribution in [1.29, 1.82) is 0 Å². The van der Waals surface area contributed by atoms with E-state index in [0.29, 0.717) is 18.9 Å². The van der Waals surface area contributed by atoms with Crippen molar-refractivity contribution in [1.82, 2.24) is 9.97 Å². The van der Waals surface area contributed by atoms with Crippen LogP contribution in [0.15, 0.2) is 42.7 Å². The Morgan fingerprint density at radius 3 is 2.44 bits per heavy atom. The maximum absolute atomic E-state index is 11.9. The van der Waals surface area contributed by atoms with Crippen molar-refractivity contribution < 1.29 is 9.53 Å². The number of Topliss-reactive ketones (excluding diaryl/α,β-unsaturated/α-hetero) is 1. The summed E-state index contributed by atoms with van der Waals surface area (Å²) in [7, 11) is 1.52. The maximum atomic E-state index is 11.9. The zero-order valence-corrected chi connectivity index (χ0v) is 10.2. The van der Waals surface area contributed by atoms with E-state index in [0.717, 1.165) is 11.1 Å². The Morgan fingerprint density at radius 2 is 1.83 bits per heavy atom. The van der Waals surface area contributed by atoms with Crippen molar-refractivity contribution >= 4 is 5.78 Å². The van der Waals surface area contributed by atoms with Crippen LogP contribution in [0.5, 0.6) is 6.01 Å². The van der Waals surface area contributed by atoms with E-state index in [2.05, 4.69) is 9.97 Å². The van der Waals surface area contributed by atoms with Crippen molar-refractivity contribution in [2.75, 3.05) is 7.11 Å². The lowest BCUT2D eigenvalue weighted by Crippen LogP contribution is -2.02. The Kier molecular flexibility index (Phi) is 4.02. The van der Waals surface area contributed by atoms with Crippen LogP contribution in [0.2, 0.25) is 0 Å². The van der Waals surface area contributed by atoms with Crippen LogP contribution in [-0.2, 0) is 6.42 Å². The van der Waals surface area contributed by atoms with Gasteiger partial charge in [-0.25, -0.2) is 9.97 Å². The first-order valence-corrected chi connectivity index (χ1v) is 5.73. The molecule has 0 unspecified atom stereocenters. The van der Waals surface area contributed by atoms with E-state index in [-0.39, 0.29) is 5.78 Å². The number of ketones is 1. The summed E-state index contributed by atoms with van der Waals surface area (Å²) in [6, 6.07) is 9.62. The van der Waals surface area contributed by atoms with Gasteiger partial charge in [0.05, 0.1) is 7.11 Å². The SMILES string of the molecule is COc1ncc(CCC(=O)c2ccccc2)cn1. The van der Waals surface area contributed by atoms with Crippen molar-refractivity contribution in [2.24, 2.45) is 0 Å². The molecule has 1 aromatic carbocycles. The summed E-state index contributed by atoms with van der Waals surface area (Å²) in [4.78, 5) is 19.9. The molecule has 0 aliphatic heterocycles. The van der Waals surface area contributed by atoms with Gasteiger partial charge in [0.25, 0.3) is 0 Å². The van der Waals surface area contributed by atoms with Gasteiger partial charge in [0.1, 0.15) is 0 Å². The zero-order chi connectivity index (χ0) is 12.8. The number of methoxy groups -OCH3 is 1. The Balaban J connectivity index is 1.93. The molecule has 18 heavy (non-hydrogen) atoms. The van der Waals surface area contributed by atoms with Gasteiger partial charge < -0.3 is 4.74 Å². The Bertz CT molecular complexity index is 509. The summed E-state index contributed by atoms with van der Waals surface area (Å²) in [5, 5.41) is 0. The molecular formula is C14H14N2O2. The van der Waals surface area contributed by atoms with E-state index in [4.69, 9.17) is 4.74 Å². The van der Waals surface area contributed by atoms with Crippen molar-refractivity contribution in [3.8, 4) is 6.01 Å². The minimum absolute atomic E-state index is 0.131. The molecule has 0 aliphatic carbocycles. The standard InChI is InChI=1S/C14H14N2O2/c1-18-14-15-9-11(10-16-14)7-8-13(17)12-5-3-2-4-6-12/h2-6,9-10H,7-8H2,1H3. The fourth-order valence-electron chi connectivity index (χ4n) is 1.60. The van der Waals surface area contributed by atoms with Gasteiger partial charge in [-0.05, 0) is 12.0 Å². The van der Waals surface area contributed by atoms with Crippen LogP contribution in [0.3, 0.4) is 0 Å². The molecule has 2 aromatic rings. The highest BCUT2D eigenvalue weighted by Crippen LogP contribution is 2.08. The Hall–Kier alpha value is -2.23. The van der Waals surface area contributed by atoms with E-state index >= 15 is 0 Å². The van der Waals surface area contributed by atoms with Gasteiger partial charge in [-0.3, -0.25) is 4.79 Å². The molecule has 4 heteroatoms. The molecule has 0 fully saturated rings. The summed E-state index contributed by atoms with van der Waals surface area (Å²) in [5.41, 5.74) is 1.67. The van der Waals surface area contributed by atoms with Crippen molar-refractivity contribution in [2.45, 2.75) is 12.8 Å². The lowest BCUT2D eigenvalue weighted by molar-refractivity contribution is 0.0983. The largest absolute Gasteiger partial charge is 0.467 e. The monoisotopic (exact) mass is 242 g/mol. The molecule has 92 valence electrons. The molecule has 0 atom stereocenters. The summed E-state index contributed by atoms with van der Waals surface area (Å²) in [6.07, 6.45) is 4.46. The lowest BCUT2D eigenvalue weighted by Gasteiger charge is -2.02. The number of rotatable bonds is 5. The Labute approximate surface area is 106 Å². The van der Waals surface area contributed by atoms with Crippen LogP contribution in [0.25, 0.3) is 0 Å². The molecule has 0 N–H and O–H groups in total. The van der Waals surface area contributed by atoms with Gasteiger partial charge in [-0.1, -0.05) is 30.3 Å². The Morgan fingerprint density at radius 1 is 1.17 bits per heavy atom. The molecule has 0 radical (unpaired) electrons. The number of ether oxygens (including phenoxy) is 1. The predicted molar refractivity (Wildman–Crippen MR) is 67.7 cm³/mol. The van der Waals surface area contributed by atoms with Gasteiger partial charge in [0, 0.05) is 24.4 Å². The second-order valence-corrected chi connectivity index (χ2v) is 3.87. The molecular weight excluding hydrogens is 228 g/mol. The molecule has 0 amide bonds. The molecule has 0 saturated carbocycles. The number of hydrogen-bond donors (Lipinski definition) is 0. The first-order chi connectivity index (χ1) is 8.79. The molecule has 0 saturated heterocycles. The number of benzene rings is 1. The summed E-state index contributed by atoms with van der Waals surface area (Å²) in [6.45, 7) is 0. The average Bonchev–Trinajstić information content (AvgIpc) is 2.46. The number of hydrogen-bond acceptors (Lipinski definition) is 4. The molecule has 0 bridgehead atoms. The van der Waals surface area contributed by atoms with Gasteiger partial charge in [-0.2, -0.15) is 0 Å². The molecule has 0 spiro atoms. The highest BCUT2D eigenvalue weighted by Gasteiger charge is 2.06. The highest BCUT2D eigenvalue weighted by atomic mass is 16.5. The summed E-state index contributed by atoms with van der Waals surface area (Å²) in [5.74, 6) is 0.131. The third-order valence-electron chi connectivity index (χ3n) is 2.60. The molecule has 4 nitrogen and oxygen atoms in total. The third kappa shape index (κ3) is 3.13. The number of aromatic nitrogens is 2. The van der Waals surface area contributed by atoms with E-state index in [1.54, 1.807) is 12.4 Å². The fraction of sp³-hybridized carbons (Fsp3) is 0.214. The van der Waals surface area contributed by atoms with Crippen LogP contribution < -0.4 is 4.74 Å². The van der Waals surface area contributed by atoms with Gasteiger partial charge in [0.15, 0.2) is 5.78 Å². The third-order valence-corrected chi connectivity index (χ3v) is 2.60. The number of nitrogens with zero attached hydrogens (tertiary/aromatic N) is 2. The van der Waals surface area contributed by atoms with Gasteiger partial charge in [0.2, 0.25) is 0 Å². The molecule has 1 aromatic heterocycles. The number of aryl methyl sites for hydroxylation is 1. The number of carbonyl (C=O) groups excluding carboxylic acids is 1. The topological polar surface area (TPSA) is 52.1 Å². The minimum Gasteiger partial charge on any atom is -0.467 e. The second-order valence-electron chi connectivity index (χ2n) is 3.87. The summed E-state index contributed by atoms with van der Waals surface area (Å²) < 4.78 is 4.87. The first-order valence-electron chi connectivity index (χ1n) is 5.73. The zero-order valence-electron chi connectivity index (χ0n) is 10.2. The minimum atomic E-state index is 0.131. The first kappa shape index (κ1) is 12.2. The van der Waals surface area contributed by atoms with E-state index in [1.165, 1.54) is 7.11 Å². The van der Waals surface area contributed by atoms with E-state index in [9.17, 15) is 4.79 Å². The van der Waals surface area contributed by atoms with E-state index in [1.807, 2.05) is 30.3 Å². The second kappa shape index (κ2) is 5.91. The van der Waals surface area contributed by atoms with Gasteiger partial charge in [-0.15, -0.1) is 0 Å². The normalized spacial score (nSPS) is 10.1. The fourth-order valence-corrected chi connectivity index (χ4v) is 1.60. The number of carbonyl (C=O) groups is 1. The summed E-state index contributed by atoms with van der Waals surface area (Å²) >= 11 is 0.